The number of allylic oxidation sites excluding steroid dienone is 3. The highest BCUT2D eigenvalue weighted by Crippen LogP contribution is 2.16. The van der Waals surface area contributed by atoms with Gasteiger partial charge < -0.3 is 27.0 Å². The Hall–Kier alpha value is -3.62. The average Bonchev–Trinajstić information content (AvgIpc) is 2.84. The first-order chi connectivity index (χ1) is 16.8. The highest BCUT2D eigenvalue weighted by Gasteiger charge is 2.43. The van der Waals surface area contributed by atoms with Crippen LogP contribution in [-0.2, 0) is 20.8 Å². The molecule has 6 N–H and O–H groups in total. The van der Waals surface area contributed by atoms with E-state index in [4.69, 9.17) is 11.5 Å². The minimum absolute atomic E-state index is 0.0157. The number of carbonyl (C=O) groups excluding carboxylic acids is 3. The van der Waals surface area contributed by atoms with Crippen molar-refractivity contribution in [3.63, 3.8) is 0 Å². The Balaban J connectivity index is 2.04. The van der Waals surface area contributed by atoms with Gasteiger partial charge in [-0.1, -0.05) is 54.1 Å². The van der Waals surface area contributed by atoms with Gasteiger partial charge in [0.05, 0.1) is 0 Å². The molecule has 2 rings (SSSR count). The van der Waals surface area contributed by atoms with Crippen molar-refractivity contribution in [2.75, 3.05) is 19.6 Å². The molecule has 0 aromatic heterocycles. The molecule has 35 heavy (non-hydrogen) atoms. The van der Waals surface area contributed by atoms with Crippen LogP contribution in [0.25, 0.3) is 0 Å². The van der Waals surface area contributed by atoms with Crippen LogP contribution in [0.2, 0.25) is 0 Å². The topological polar surface area (TPSA) is 143 Å². The summed E-state index contributed by atoms with van der Waals surface area (Å²) in [5.74, 6) is -1.21. The van der Waals surface area contributed by atoms with Gasteiger partial charge in [-0.25, -0.2) is 0 Å². The molecule has 0 bridgehead atoms. The molecule has 2 atom stereocenters. The zero-order valence-corrected chi connectivity index (χ0v) is 20.7. The molecule has 9 nitrogen and oxygen atoms in total. The van der Waals surface area contributed by atoms with Gasteiger partial charge in [0.1, 0.15) is 6.04 Å². The zero-order chi connectivity index (χ0) is 25.6. The first-order valence-electron chi connectivity index (χ1n) is 12.1. The molecule has 1 aromatic rings. The zero-order valence-electron chi connectivity index (χ0n) is 20.7. The molecule has 1 aliphatic rings. The maximum Gasteiger partial charge on any atom is 0.253 e. The second-order valence-electron chi connectivity index (χ2n) is 8.61. The number of nitrogens with one attached hydrogen (secondary N) is 2. The third-order valence-corrected chi connectivity index (χ3v) is 5.76. The molecule has 1 aliphatic heterocycles. The molecule has 1 heterocycles. The van der Waals surface area contributed by atoms with Crippen molar-refractivity contribution in [2.45, 2.75) is 58.0 Å². The minimum Gasteiger partial charge on any atom is -0.370 e. The molecule has 0 spiro atoms. The molecule has 3 amide bonds. The number of nitrogens with two attached hydrogens (primary N) is 2. The summed E-state index contributed by atoms with van der Waals surface area (Å²) in [5, 5.41) is 5.57. The average molecular weight is 483 g/mol. The summed E-state index contributed by atoms with van der Waals surface area (Å²) in [6.45, 7) is 4.94. The van der Waals surface area contributed by atoms with E-state index in [0.29, 0.717) is 32.4 Å². The van der Waals surface area contributed by atoms with Crippen LogP contribution >= 0.6 is 0 Å². The van der Waals surface area contributed by atoms with Crippen molar-refractivity contribution < 1.29 is 14.4 Å². The van der Waals surface area contributed by atoms with E-state index in [1.165, 1.54) is 10.5 Å². The Kier molecular flexibility index (Phi) is 11.5. The Morgan fingerprint density at radius 2 is 1.94 bits per heavy atom. The third-order valence-electron chi connectivity index (χ3n) is 5.76. The molecule has 9 heteroatoms. The number of guanidine groups is 1. The normalized spacial score (nSPS) is 18.5. The van der Waals surface area contributed by atoms with Gasteiger partial charge in [-0.2, -0.15) is 0 Å². The second kappa shape index (κ2) is 14.6. The molecule has 1 saturated heterocycles. The quantitative estimate of drug-likeness (QED) is 0.110. The number of carbonyl (C=O) groups is 3. The van der Waals surface area contributed by atoms with Crippen LogP contribution < -0.4 is 22.1 Å². The second-order valence-corrected chi connectivity index (χ2v) is 8.61. The number of benzene rings is 1. The lowest BCUT2D eigenvalue weighted by atomic mass is 10.0. The van der Waals surface area contributed by atoms with Crippen molar-refractivity contribution in [2.24, 2.45) is 16.5 Å². The third kappa shape index (κ3) is 9.27. The van der Waals surface area contributed by atoms with E-state index in [-0.39, 0.29) is 18.4 Å². The van der Waals surface area contributed by atoms with Crippen molar-refractivity contribution in [1.82, 2.24) is 15.5 Å². The van der Waals surface area contributed by atoms with Crippen LogP contribution in [0.5, 0.6) is 0 Å². The molecular weight excluding hydrogens is 444 g/mol. The van der Waals surface area contributed by atoms with Crippen molar-refractivity contribution in [3.8, 4) is 0 Å². The molecule has 1 fully saturated rings. The van der Waals surface area contributed by atoms with Crippen LogP contribution in [-0.4, -0.2) is 60.3 Å². The number of aryl methyl sites for hydroxylation is 1. The van der Waals surface area contributed by atoms with Crippen molar-refractivity contribution in [3.05, 3.63) is 59.7 Å². The molecule has 2 unspecified atom stereocenters. The lowest BCUT2D eigenvalue weighted by Gasteiger charge is -2.38. The van der Waals surface area contributed by atoms with E-state index in [1.54, 1.807) is 0 Å². The van der Waals surface area contributed by atoms with Gasteiger partial charge in [0.2, 0.25) is 5.91 Å². The van der Waals surface area contributed by atoms with E-state index in [0.717, 1.165) is 18.4 Å². The number of aliphatic imine (C=N–C) groups is 1. The van der Waals surface area contributed by atoms with Gasteiger partial charge in [0, 0.05) is 19.6 Å². The van der Waals surface area contributed by atoms with E-state index < -0.39 is 23.9 Å². The van der Waals surface area contributed by atoms with Crippen molar-refractivity contribution >= 4 is 23.7 Å². The van der Waals surface area contributed by atoms with Crippen LogP contribution in [0, 0.1) is 0 Å². The number of hydrogen-bond acceptors (Lipinski definition) is 4. The van der Waals surface area contributed by atoms with Crippen LogP contribution in [0.4, 0.5) is 0 Å². The van der Waals surface area contributed by atoms with Crippen LogP contribution in [0.3, 0.4) is 0 Å². The van der Waals surface area contributed by atoms with E-state index in [9.17, 15) is 14.4 Å². The fourth-order valence-electron chi connectivity index (χ4n) is 3.87. The summed E-state index contributed by atoms with van der Waals surface area (Å²) >= 11 is 0. The molecule has 0 radical (unpaired) electrons. The first kappa shape index (κ1) is 27.6. The van der Waals surface area contributed by atoms with Gasteiger partial charge in [0.15, 0.2) is 12.0 Å². The minimum atomic E-state index is -1.19. The Morgan fingerprint density at radius 3 is 2.63 bits per heavy atom. The van der Waals surface area contributed by atoms with Gasteiger partial charge in [0.25, 0.3) is 11.8 Å². The van der Waals surface area contributed by atoms with Crippen LogP contribution in [0.1, 0.15) is 45.1 Å². The number of amides is 3. The molecule has 190 valence electrons. The Bertz CT molecular complexity index is 938. The van der Waals surface area contributed by atoms with E-state index in [2.05, 4.69) is 15.6 Å². The summed E-state index contributed by atoms with van der Waals surface area (Å²) in [6, 6.07) is 8.08. The molecular formula is C26H38N6O3. The van der Waals surface area contributed by atoms with Gasteiger partial charge in [-0.15, -0.1) is 0 Å². The summed E-state index contributed by atoms with van der Waals surface area (Å²) in [7, 11) is 0. The molecule has 0 aliphatic carbocycles. The summed E-state index contributed by atoms with van der Waals surface area (Å²) in [4.78, 5) is 44.6. The number of hydrogen-bond donors (Lipinski definition) is 4. The smallest absolute Gasteiger partial charge is 0.253 e. The fourth-order valence-corrected chi connectivity index (χ4v) is 3.87. The summed E-state index contributed by atoms with van der Waals surface area (Å²) in [5.41, 5.74) is 12.9. The predicted octanol–water partition coefficient (Wildman–Crippen LogP) is 1.40. The van der Waals surface area contributed by atoms with Crippen LogP contribution in [0.15, 0.2) is 59.1 Å². The number of rotatable bonds is 13. The maximum atomic E-state index is 13.3. The van der Waals surface area contributed by atoms with E-state index >= 15 is 0 Å². The van der Waals surface area contributed by atoms with E-state index in [1.807, 2.05) is 62.4 Å². The highest BCUT2D eigenvalue weighted by atomic mass is 16.2. The lowest BCUT2D eigenvalue weighted by molar-refractivity contribution is -0.154. The molecule has 1 aromatic carbocycles. The molecule has 0 saturated carbocycles. The van der Waals surface area contributed by atoms with Gasteiger partial charge in [-0.05, 0) is 51.5 Å². The fraction of sp³-hybridized carbons (Fsp3) is 0.462. The Morgan fingerprint density at radius 1 is 1.20 bits per heavy atom. The standard InChI is InChI=1S/C26H38N6O3/c1-3-4-10-19(2)15-18-32-22(23(33)29-16-8-13-20-11-6-5-7-12-20)24(34)31-21(25(32)35)14-9-17-30-26(27)28/h3-7,10-12,21-22H,8-9,13-18H2,1-2H3,(H,29,33)(H,31,34)(H4,27,28,30)/b4-3-,19-10+. The van der Waals surface area contributed by atoms with Gasteiger partial charge >= 0.3 is 0 Å². The highest BCUT2D eigenvalue weighted by molar-refractivity contribution is 6.10. The summed E-state index contributed by atoms with van der Waals surface area (Å²) in [6.07, 6.45) is 8.81. The van der Waals surface area contributed by atoms with Crippen molar-refractivity contribution in [1.29, 1.82) is 0 Å². The summed E-state index contributed by atoms with van der Waals surface area (Å²) < 4.78 is 0. The van der Waals surface area contributed by atoms with Gasteiger partial charge in [-0.3, -0.25) is 19.4 Å². The SMILES string of the molecule is C/C=C\C=C(/C)CCN1C(=O)C(CCCN=C(N)N)NC(=O)C1C(=O)NCCCc1ccccc1. The monoisotopic (exact) mass is 482 g/mol. The lowest BCUT2D eigenvalue weighted by Crippen LogP contribution is -2.67. The first-order valence-corrected chi connectivity index (χ1v) is 12.1. The predicted molar refractivity (Wildman–Crippen MR) is 138 cm³/mol. The maximum absolute atomic E-state index is 13.3. The largest absolute Gasteiger partial charge is 0.370 e. The number of piperazine rings is 1. The number of nitrogens with zero attached hydrogens (tertiary/aromatic N) is 2. The Labute approximate surface area is 207 Å².